The molecule has 8 aromatic carbocycles. The number of hydrogen-bond donors (Lipinski definition) is 4. The Labute approximate surface area is 574 Å². The van der Waals surface area contributed by atoms with Gasteiger partial charge in [-0.05, 0) is 125 Å². The van der Waals surface area contributed by atoms with Crippen LogP contribution in [0.3, 0.4) is 0 Å². The Morgan fingerprint density at radius 3 is 1.19 bits per heavy atom. The van der Waals surface area contributed by atoms with Crippen LogP contribution in [-0.4, -0.2) is 97.0 Å². The molecule has 0 fully saturated rings. The first kappa shape index (κ1) is 70.3. The molecule has 494 valence electrons. The normalized spacial score (nSPS) is 11.1. The number of aromatic nitrogens is 2. The van der Waals surface area contributed by atoms with Crippen molar-refractivity contribution in [3.63, 3.8) is 0 Å². The molecule has 20 heteroatoms. The van der Waals surface area contributed by atoms with E-state index in [0.29, 0.717) is 96.8 Å². The summed E-state index contributed by atoms with van der Waals surface area (Å²) in [6, 6.07) is 56.4. The van der Waals surface area contributed by atoms with Gasteiger partial charge in [0.25, 0.3) is 0 Å². The Morgan fingerprint density at radius 2 is 0.789 bits per heavy atom. The van der Waals surface area contributed by atoms with Gasteiger partial charge in [-0.2, -0.15) is 0 Å². The quantitative estimate of drug-likeness (QED) is 0.0157. The molecule has 0 saturated carbocycles. The van der Waals surface area contributed by atoms with Crippen LogP contribution in [0.15, 0.2) is 176 Å². The lowest BCUT2D eigenvalue weighted by Gasteiger charge is -2.23. The summed E-state index contributed by atoms with van der Waals surface area (Å²) in [5.41, 5.74) is 13.8. The monoisotopic (exact) mass is 1360 g/mol. The second kappa shape index (κ2) is 34.9. The summed E-state index contributed by atoms with van der Waals surface area (Å²) >= 11 is 23.8. The zero-order chi connectivity index (χ0) is 67.2. The van der Waals surface area contributed by atoms with Gasteiger partial charge in [-0.15, -0.1) is 46.4 Å². The lowest BCUT2D eigenvalue weighted by atomic mass is 10.0. The Kier molecular flexibility index (Phi) is 25.8. The molecule has 0 saturated heterocycles. The molecule has 0 aliphatic rings. The van der Waals surface area contributed by atoms with Crippen molar-refractivity contribution < 1.29 is 38.1 Å². The van der Waals surface area contributed by atoms with E-state index in [0.717, 1.165) is 83.1 Å². The largest absolute Gasteiger partial charge is 0.461 e. The fraction of sp³-hybridized carbons (Fsp3) is 0.280. The molecule has 2 heterocycles. The summed E-state index contributed by atoms with van der Waals surface area (Å²) < 4.78 is 22.2. The van der Waals surface area contributed by atoms with Crippen molar-refractivity contribution in [1.82, 2.24) is 9.97 Å². The highest BCUT2D eigenvalue weighted by molar-refractivity contribution is 6.19. The zero-order valence-corrected chi connectivity index (χ0v) is 56.9. The van der Waals surface area contributed by atoms with Crippen molar-refractivity contribution in [3.8, 4) is 0 Å². The van der Waals surface area contributed by atoms with Crippen LogP contribution in [0.25, 0.3) is 43.6 Å². The second-order valence-electron chi connectivity index (χ2n) is 23.6. The second-order valence-corrected chi connectivity index (χ2v) is 25.1. The van der Waals surface area contributed by atoms with Crippen LogP contribution in [0.2, 0.25) is 0 Å². The number of hydrogen-bond acceptors (Lipinski definition) is 14. The van der Waals surface area contributed by atoms with Gasteiger partial charge < -0.3 is 39.4 Å². The van der Waals surface area contributed by atoms with E-state index >= 15 is 0 Å². The Hall–Kier alpha value is -9.06. The van der Waals surface area contributed by atoms with Gasteiger partial charge in [-0.3, -0.25) is 20.2 Å². The van der Waals surface area contributed by atoms with E-state index in [1.54, 1.807) is 12.1 Å². The van der Waals surface area contributed by atoms with Crippen molar-refractivity contribution in [1.29, 1.82) is 0 Å². The average molecular weight is 1360 g/mol. The number of halogens is 4. The number of anilines is 8. The van der Waals surface area contributed by atoms with Gasteiger partial charge in [0.15, 0.2) is 0 Å². The number of ether oxygens (including phenoxy) is 4. The Morgan fingerprint density at radius 1 is 0.421 bits per heavy atom. The molecular formula is C75H78Cl4N8O8. The summed E-state index contributed by atoms with van der Waals surface area (Å²) in [7, 11) is 0. The SMILES string of the molecule is CC(C)COC(=O)Nc1cc(COC(=O)Cc2ccc(N(CCCl)CCCl)cc2)cc(Nc2c3ccccc3nc3ccccc23)c1.Cc1cccc2c(Nc3cc(COC(=O)Cc4ccc(N(CCCl)CCCl)cc4)cc(NC(=O)OCC(C)C)c3)c3ccccc3nc12. The van der Waals surface area contributed by atoms with Gasteiger partial charge >= 0.3 is 24.1 Å². The van der Waals surface area contributed by atoms with Gasteiger partial charge in [-0.1, -0.05) is 125 Å². The van der Waals surface area contributed by atoms with E-state index in [4.69, 9.17) is 75.3 Å². The fourth-order valence-electron chi connectivity index (χ4n) is 10.6. The Balaban J connectivity index is 0.000000223. The third-order valence-corrected chi connectivity index (χ3v) is 15.8. The molecule has 10 aromatic rings. The molecule has 16 nitrogen and oxygen atoms in total. The number of alkyl halides is 4. The summed E-state index contributed by atoms with van der Waals surface area (Å²) in [6.45, 7) is 13.3. The molecule has 4 N–H and O–H groups in total. The molecule has 0 aliphatic carbocycles. The Bertz CT molecular complexity index is 4190. The number of amides is 2. The number of nitrogens with zero attached hydrogens (tertiary/aromatic N) is 4. The maximum atomic E-state index is 12.9. The number of nitrogens with one attached hydrogen (secondary N) is 4. The van der Waals surface area contributed by atoms with E-state index in [2.05, 4.69) is 31.1 Å². The number of fused-ring (bicyclic) bond motifs is 4. The molecular weight excluding hydrogens is 1280 g/mol. The van der Waals surface area contributed by atoms with Crippen molar-refractivity contribution >= 4 is 160 Å². The summed E-state index contributed by atoms with van der Waals surface area (Å²) in [4.78, 5) is 65.0. The van der Waals surface area contributed by atoms with Gasteiger partial charge in [-0.25, -0.2) is 19.6 Å². The third kappa shape index (κ3) is 20.2. The fourth-order valence-corrected chi connectivity index (χ4v) is 11.5. The van der Waals surface area contributed by atoms with Crippen LogP contribution >= 0.6 is 46.4 Å². The highest BCUT2D eigenvalue weighted by Crippen LogP contribution is 2.37. The van der Waals surface area contributed by atoms with E-state index < -0.39 is 12.2 Å². The molecule has 10 rings (SSSR count). The van der Waals surface area contributed by atoms with Crippen molar-refractivity contribution in [2.45, 2.75) is 60.7 Å². The van der Waals surface area contributed by atoms with Crippen molar-refractivity contribution in [2.75, 3.05) is 94.0 Å². The number of carbonyl (C=O) groups is 4. The van der Waals surface area contributed by atoms with Gasteiger partial charge in [0.2, 0.25) is 0 Å². The number of para-hydroxylation sites is 4. The maximum absolute atomic E-state index is 12.9. The smallest absolute Gasteiger partial charge is 0.411 e. The number of rotatable bonds is 28. The lowest BCUT2D eigenvalue weighted by Crippen LogP contribution is -2.27. The van der Waals surface area contributed by atoms with Gasteiger partial charge in [0, 0.05) is 105 Å². The molecule has 95 heavy (non-hydrogen) atoms. The zero-order valence-electron chi connectivity index (χ0n) is 53.9. The maximum Gasteiger partial charge on any atom is 0.411 e. The van der Waals surface area contributed by atoms with E-state index in [1.807, 2.05) is 198 Å². The first-order valence-electron chi connectivity index (χ1n) is 31.5. The van der Waals surface area contributed by atoms with E-state index in [-0.39, 0.29) is 49.8 Å². The van der Waals surface area contributed by atoms with Gasteiger partial charge in [0.1, 0.15) is 13.2 Å². The topological polar surface area (TPSA) is 186 Å². The first-order chi connectivity index (χ1) is 46.1. The molecule has 0 atom stereocenters. The first-order valence-corrected chi connectivity index (χ1v) is 33.7. The molecule has 0 bridgehead atoms. The van der Waals surface area contributed by atoms with Crippen molar-refractivity contribution in [3.05, 3.63) is 204 Å². The lowest BCUT2D eigenvalue weighted by molar-refractivity contribution is -0.145. The molecule has 2 amide bonds. The molecule has 0 radical (unpaired) electrons. The summed E-state index contributed by atoms with van der Waals surface area (Å²) in [5, 5.41) is 16.6. The minimum Gasteiger partial charge on any atom is -0.461 e. The van der Waals surface area contributed by atoms with E-state index in [9.17, 15) is 19.2 Å². The number of esters is 2. The predicted octanol–water partition coefficient (Wildman–Crippen LogP) is 18.1. The van der Waals surface area contributed by atoms with Crippen LogP contribution in [0.4, 0.5) is 55.1 Å². The van der Waals surface area contributed by atoms with Gasteiger partial charge in [0.05, 0.1) is 59.5 Å². The summed E-state index contributed by atoms with van der Waals surface area (Å²) in [6.07, 6.45) is -0.884. The molecule has 0 spiro atoms. The predicted molar refractivity (Wildman–Crippen MR) is 389 cm³/mol. The number of carbonyl (C=O) groups excluding carboxylic acids is 4. The van der Waals surface area contributed by atoms with Crippen LogP contribution < -0.4 is 31.1 Å². The van der Waals surface area contributed by atoms with Crippen LogP contribution in [0, 0.1) is 18.8 Å². The van der Waals surface area contributed by atoms with Crippen molar-refractivity contribution in [2.24, 2.45) is 11.8 Å². The molecule has 0 aliphatic heterocycles. The third-order valence-electron chi connectivity index (χ3n) is 15.1. The minimum atomic E-state index is -0.558. The highest BCUT2D eigenvalue weighted by atomic mass is 35.5. The average Bonchev–Trinajstić information content (AvgIpc) is 0.778. The minimum absolute atomic E-state index is 0.0122. The van der Waals surface area contributed by atoms with Crippen LogP contribution in [-0.2, 0) is 54.6 Å². The number of pyridine rings is 2. The number of benzene rings is 8. The molecule has 2 aromatic heterocycles. The van der Waals surface area contributed by atoms with E-state index in [1.165, 1.54) is 0 Å². The highest BCUT2D eigenvalue weighted by Gasteiger charge is 2.18. The van der Waals surface area contributed by atoms with Crippen LogP contribution in [0.1, 0.15) is 55.5 Å². The summed E-state index contributed by atoms with van der Waals surface area (Å²) in [5.74, 6) is 1.63. The number of aryl methyl sites for hydroxylation is 1. The molecule has 0 unspecified atom stereocenters. The standard InChI is InChI=1S/C38H40Cl2N4O4.C37H38Cl2N4O4/c1-25(2)23-48-38(46)42-30-20-28(24-47-35(45)21-27-11-13-31(14-12-27)44(17-15-39)18-16-40)19-29(22-30)41-37-32-8-4-5-10-34(32)43-36-26(3)7-6-9-33(36)37;1-25(2)23-47-37(45)41-29-20-27(24-46-35(44)21-26-11-13-30(14-12-26)43(17-15-38)18-16-39)19-28(22-29)40-36-31-7-3-5-9-33(31)42-34-10-6-4-8-32(34)36/h4-14,19-20,22,25H,15-18,21,23-24H2,1-3H3,(H,41,43)(H,42,46);3-14,19-20,22,25H,15-18,21,23-24H2,1-2H3,(H,40,42)(H,41,45). The van der Waals surface area contributed by atoms with Crippen LogP contribution in [0.5, 0.6) is 0 Å².